The van der Waals surface area contributed by atoms with Crippen LogP contribution in [0.15, 0.2) is 40.9 Å². The maximum Gasteiger partial charge on any atom is 0.123 e. The molecule has 3 N–H and O–H groups in total. The number of halogens is 3. The molecule has 0 aliphatic rings. The van der Waals surface area contributed by atoms with Crippen molar-refractivity contribution in [3.63, 3.8) is 0 Å². The molecule has 2 aromatic carbocycles. The Kier molecular flexibility index (Phi) is 4.58. The van der Waals surface area contributed by atoms with Crippen LogP contribution in [0, 0.1) is 12.7 Å². The summed E-state index contributed by atoms with van der Waals surface area (Å²) in [7, 11) is 0. The Bertz CT molecular complexity index is 604. The van der Waals surface area contributed by atoms with Gasteiger partial charge in [-0.2, -0.15) is 0 Å². The molecule has 5 heteroatoms. The topological polar surface area (TPSA) is 38.0 Å². The summed E-state index contributed by atoms with van der Waals surface area (Å²) >= 11 is 9.58. The Balaban J connectivity index is 2.52. The molecule has 100 valence electrons. The van der Waals surface area contributed by atoms with E-state index in [1.807, 2.05) is 19.1 Å². The van der Waals surface area contributed by atoms with Crippen LogP contribution in [-0.2, 0) is 0 Å². The number of benzene rings is 2. The molecule has 0 heterocycles. The van der Waals surface area contributed by atoms with Crippen molar-refractivity contribution in [1.82, 2.24) is 5.43 Å². The Morgan fingerprint density at radius 1 is 1.21 bits per heavy atom. The van der Waals surface area contributed by atoms with Gasteiger partial charge in [-0.1, -0.05) is 39.7 Å². The van der Waals surface area contributed by atoms with Crippen molar-refractivity contribution < 1.29 is 4.39 Å². The molecule has 0 spiro atoms. The fraction of sp³-hybridized carbons (Fsp3) is 0.143. The molecular formula is C14H13BrClFN2. The van der Waals surface area contributed by atoms with Crippen LogP contribution < -0.4 is 11.3 Å². The second-order valence-electron chi connectivity index (χ2n) is 4.27. The van der Waals surface area contributed by atoms with E-state index in [2.05, 4.69) is 21.4 Å². The Morgan fingerprint density at radius 3 is 2.58 bits per heavy atom. The fourth-order valence-corrected chi connectivity index (χ4v) is 2.79. The van der Waals surface area contributed by atoms with Crippen molar-refractivity contribution in [2.24, 2.45) is 5.84 Å². The first kappa shape index (κ1) is 14.5. The van der Waals surface area contributed by atoms with Gasteiger partial charge in [0, 0.05) is 9.50 Å². The van der Waals surface area contributed by atoms with Crippen molar-refractivity contribution in [2.45, 2.75) is 13.0 Å². The zero-order valence-corrected chi connectivity index (χ0v) is 12.6. The summed E-state index contributed by atoms with van der Waals surface area (Å²) < 4.78 is 14.3. The Hall–Kier alpha value is -0.940. The summed E-state index contributed by atoms with van der Waals surface area (Å²) in [6.07, 6.45) is 0. The molecule has 1 unspecified atom stereocenters. The molecule has 2 aromatic rings. The highest BCUT2D eigenvalue weighted by molar-refractivity contribution is 9.10. The molecule has 0 aromatic heterocycles. The molecule has 0 fully saturated rings. The van der Waals surface area contributed by atoms with Gasteiger partial charge in [0.1, 0.15) is 5.82 Å². The van der Waals surface area contributed by atoms with Crippen LogP contribution in [0.3, 0.4) is 0 Å². The first-order valence-electron chi connectivity index (χ1n) is 5.70. The molecule has 2 rings (SSSR count). The summed E-state index contributed by atoms with van der Waals surface area (Å²) in [5, 5.41) is 0.570. The molecule has 1 atom stereocenters. The van der Waals surface area contributed by atoms with E-state index in [9.17, 15) is 4.39 Å². The molecular weight excluding hydrogens is 331 g/mol. The molecule has 0 bridgehead atoms. The van der Waals surface area contributed by atoms with Gasteiger partial charge in [-0.05, 0) is 47.9 Å². The molecule has 0 amide bonds. The lowest BCUT2D eigenvalue weighted by atomic mass is 9.95. The Morgan fingerprint density at radius 2 is 1.95 bits per heavy atom. The van der Waals surface area contributed by atoms with Gasteiger partial charge in [0.05, 0.1) is 6.04 Å². The van der Waals surface area contributed by atoms with Gasteiger partial charge in [0.25, 0.3) is 0 Å². The number of nitrogens with two attached hydrogens (primary N) is 1. The number of aryl methyl sites for hydroxylation is 1. The van der Waals surface area contributed by atoms with Crippen LogP contribution in [0.2, 0.25) is 5.02 Å². The number of nitrogens with one attached hydrogen (secondary N) is 1. The monoisotopic (exact) mass is 342 g/mol. The van der Waals surface area contributed by atoms with Crippen molar-refractivity contribution in [2.75, 3.05) is 0 Å². The second kappa shape index (κ2) is 6.01. The molecule has 0 saturated carbocycles. The summed E-state index contributed by atoms with van der Waals surface area (Å²) in [5.41, 5.74) is 5.22. The van der Waals surface area contributed by atoms with E-state index in [1.54, 1.807) is 12.1 Å². The number of hydrogen-bond acceptors (Lipinski definition) is 2. The van der Waals surface area contributed by atoms with Gasteiger partial charge in [0.2, 0.25) is 0 Å². The lowest BCUT2D eigenvalue weighted by molar-refractivity contribution is 0.603. The van der Waals surface area contributed by atoms with Crippen molar-refractivity contribution in [3.05, 3.63) is 68.4 Å². The minimum absolute atomic E-state index is 0.297. The summed E-state index contributed by atoms with van der Waals surface area (Å²) in [6, 6.07) is 9.80. The summed E-state index contributed by atoms with van der Waals surface area (Å²) in [6.45, 7) is 1.91. The van der Waals surface area contributed by atoms with Crippen LogP contribution in [0.25, 0.3) is 0 Å². The quantitative estimate of drug-likeness (QED) is 0.650. The highest BCUT2D eigenvalue weighted by Gasteiger charge is 2.18. The average molecular weight is 344 g/mol. The minimum atomic E-state index is -0.351. The van der Waals surface area contributed by atoms with Gasteiger partial charge in [0.15, 0.2) is 0 Å². The van der Waals surface area contributed by atoms with Crippen LogP contribution in [0.1, 0.15) is 22.7 Å². The predicted octanol–water partition coefficient (Wildman–Crippen LogP) is 4.10. The molecule has 0 saturated heterocycles. The van der Waals surface area contributed by atoms with E-state index in [1.165, 1.54) is 12.1 Å². The fourth-order valence-electron chi connectivity index (χ4n) is 2.01. The third-order valence-corrected chi connectivity index (χ3v) is 3.81. The zero-order valence-electron chi connectivity index (χ0n) is 10.3. The van der Waals surface area contributed by atoms with E-state index in [0.29, 0.717) is 5.02 Å². The lowest BCUT2D eigenvalue weighted by Gasteiger charge is -2.20. The van der Waals surface area contributed by atoms with Crippen molar-refractivity contribution in [1.29, 1.82) is 0 Å². The third kappa shape index (κ3) is 3.15. The van der Waals surface area contributed by atoms with Gasteiger partial charge in [-0.3, -0.25) is 5.84 Å². The smallest absolute Gasteiger partial charge is 0.123 e. The van der Waals surface area contributed by atoms with Gasteiger partial charge in [-0.15, -0.1) is 0 Å². The van der Waals surface area contributed by atoms with E-state index >= 15 is 0 Å². The highest BCUT2D eigenvalue weighted by Crippen LogP contribution is 2.31. The second-order valence-corrected chi connectivity index (χ2v) is 5.59. The Labute approximate surface area is 124 Å². The van der Waals surface area contributed by atoms with Crippen LogP contribution >= 0.6 is 27.5 Å². The summed E-state index contributed by atoms with van der Waals surface area (Å²) in [4.78, 5) is 0. The maximum atomic E-state index is 13.4. The molecule has 0 radical (unpaired) electrons. The lowest BCUT2D eigenvalue weighted by Crippen LogP contribution is -2.29. The number of hydrazine groups is 1. The maximum absolute atomic E-state index is 13.4. The van der Waals surface area contributed by atoms with Gasteiger partial charge in [-0.25, -0.2) is 9.82 Å². The molecule has 2 nitrogen and oxygen atoms in total. The first-order valence-corrected chi connectivity index (χ1v) is 6.87. The zero-order chi connectivity index (χ0) is 14.0. The van der Waals surface area contributed by atoms with Gasteiger partial charge >= 0.3 is 0 Å². The van der Waals surface area contributed by atoms with E-state index < -0.39 is 0 Å². The molecule has 0 aliphatic carbocycles. The van der Waals surface area contributed by atoms with E-state index in [-0.39, 0.29) is 11.9 Å². The molecule has 0 aliphatic heterocycles. The van der Waals surface area contributed by atoms with Gasteiger partial charge < -0.3 is 0 Å². The van der Waals surface area contributed by atoms with Crippen LogP contribution in [-0.4, -0.2) is 0 Å². The van der Waals surface area contributed by atoms with E-state index in [4.69, 9.17) is 17.4 Å². The summed E-state index contributed by atoms with van der Waals surface area (Å²) in [5.74, 6) is 5.32. The van der Waals surface area contributed by atoms with Crippen LogP contribution in [0.4, 0.5) is 4.39 Å². The normalized spacial score (nSPS) is 12.5. The minimum Gasteiger partial charge on any atom is -0.271 e. The predicted molar refractivity (Wildman–Crippen MR) is 79.5 cm³/mol. The number of rotatable bonds is 3. The average Bonchev–Trinajstić information content (AvgIpc) is 2.36. The largest absolute Gasteiger partial charge is 0.271 e. The van der Waals surface area contributed by atoms with Crippen molar-refractivity contribution in [3.8, 4) is 0 Å². The number of hydrogen-bond donors (Lipinski definition) is 2. The SMILES string of the molecule is Cc1ccc(F)cc1C(NN)c1ccc(Br)cc1Cl. The molecule has 19 heavy (non-hydrogen) atoms. The van der Waals surface area contributed by atoms with E-state index in [0.717, 1.165) is 21.2 Å². The first-order chi connectivity index (χ1) is 9.02. The van der Waals surface area contributed by atoms with Crippen LogP contribution in [0.5, 0.6) is 0 Å². The highest BCUT2D eigenvalue weighted by atomic mass is 79.9. The third-order valence-electron chi connectivity index (χ3n) is 2.99. The van der Waals surface area contributed by atoms with Crippen molar-refractivity contribution >= 4 is 27.5 Å². The standard InChI is InChI=1S/C14H13BrClFN2/c1-8-2-4-10(17)7-12(8)14(19-18)11-5-3-9(15)6-13(11)16/h2-7,14,19H,18H2,1H3.